The second-order valence-corrected chi connectivity index (χ2v) is 8.73. The van der Waals surface area contributed by atoms with Crippen molar-refractivity contribution < 1.29 is 19.4 Å². The Morgan fingerprint density at radius 1 is 1.13 bits per heavy atom. The van der Waals surface area contributed by atoms with Crippen molar-refractivity contribution in [1.29, 1.82) is 0 Å². The van der Waals surface area contributed by atoms with Crippen molar-refractivity contribution in [2.45, 2.75) is 90.3 Å². The number of Topliss-reactive ketones (excluding diaryl/α,β-unsaturated/α-hetero) is 1. The number of hydrogen-bond acceptors (Lipinski definition) is 4. The van der Waals surface area contributed by atoms with E-state index in [1.807, 2.05) is 19.9 Å². The molecule has 0 unspecified atom stereocenters. The van der Waals surface area contributed by atoms with Crippen LogP contribution in [0.25, 0.3) is 0 Å². The molecule has 1 aromatic carbocycles. The number of esters is 1. The molecule has 30 heavy (non-hydrogen) atoms. The third-order valence-electron chi connectivity index (χ3n) is 5.86. The molecule has 2 rings (SSSR count). The third-order valence-corrected chi connectivity index (χ3v) is 5.86. The highest BCUT2D eigenvalue weighted by Crippen LogP contribution is 2.35. The predicted molar refractivity (Wildman–Crippen MR) is 120 cm³/mol. The van der Waals surface area contributed by atoms with Gasteiger partial charge in [0.1, 0.15) is 5.78 Å². The summed E-state index contributed by atoms with van der Waals surface area (Å²) in [6, 6.07) is 10.5. The molecule has 1 aliphatic carbocycles. The van der Waals surface area contributed by atoms with Gasteiger partial charge in [-0.15, -0.1) is 0 Å². The molecule has 1 saturated carbocycles. The van der Waals surface area contributed by atoms with Crippen LogP contribution >= 0.6 is 0 Å². The van der Waals surface area contributed by atoms with Crippen LogP contribution in [0.3, 0.4) is 0 Å². The van der Waals surface area contributed by atoms with Gasteiger partial charge in [-0.25, -0.2) is 0 Å². The average Bonchev–Trinajstić information content (AvgIpc) is 2.97. The van der Waals surface area contributed by atoms with Gasteiger partial charge in [-0.05, 0) is 63.9 Å². The van der Waals surface area contributed by atoms with Crippen LogP contribution in [0.15, 0.2) is 42.5 Å². The quantitative estimate of drug-likeness (QED) is 0.266. The number of hydrogen-bond donors (Lipinski definition) is 1. The van der Waals surface area contributed by atoms with Crippen LogP contribution in [0.5, 0.6) is 0 Å². The zero-order valence-electron chi connectivity index (χ0n) is 18.6. The smallest absolute Gasteiger partial charge is 0.306 e. The molecule has 1 aliphatic rings. The van der Waals surface area contributed by atoms with Gasteiger partial charge in [0.05, 0.1) is 12.2 Å². The number of allylic oxidation sites excluding steroid dienone is 2. The minimum Gasteiger partial charge on any atom is -0.463 e. The van der Waals surface area contributed by atoms with Gasteiger partial charge in [0, 0.05) is 18.8 Å². The Bertz CT molecular complexity index is 665. The van der Waals surface area contributed by atoms with Crippen molar-refractivity contribution in [2.75, 3.05) is 0 Å². The Labute approximate surface area is 181 Å². The molecule has 0 aliphatic heterocycles. The van der Waals surface area contributed by atoms with E-state index in [0.717, 1.165) is 44.9 Å². The van der Waals surface area contributed by atoms with Crippen molar-refractivity contribution in [3.05, 3.63) is 48.0 Å². The fraction of sp³-hybridized carbons (Fsp3) is 0.615. The summed E-state index contributed by atoms with van der Waals surface area (Å²) in [5, 5.41) is 10.3. The molecule has 0 bridgehead atoms. The van der Waals surface area contributed by atoms with Crippen LogP contribution in [0.4, 0.5) is 0 Å². The van der Waals surface area contributed by atoms with Crippen LogP contribution in [-0.2, 0) is 20.7 Å². The highest BCUT2D eigenvalue weighted by Gasteiger charge is 2.39. The lowest BCUT2D eigenvalue weighted by Crippen LogP contribution is -2.20. The largest absolute Gasteiger partial charge is 0.463 e. The Morgan fingerprint density at radius 2 is 1.90 bits per heavy atom. The first-order chi connectivity index (χ1) is 14.5. The molecule has 3 atom stereocenters. The molecule has 0 spiro atoms. The second kappa shape index (κ2) is 13.4. The van der Waals surface area contributed by atoms with Crippen molar-refractivity contribution >= 4 is 11.8 Å². The molecule has 166 valence electrons. The Balaban J connectivity index is 1.65. The SMILES string of the molecule is CC(C)OC(=O)CCC/C=C\C[C@H]1C(=O)C[C@@H](O)[C@@H]1CCCCCc1ccccc1. The normalized spacial score (nSPS) is 21.6. The number of aliphatic hydroxyl groups excluding tert-OH is 1. The van der Waals surface area contributed by atoms with E-state index in [2.05, 4.69) is 36.4 Å². The number of carbonyl (C=O) groups excluding carboxylic acids is 2. The number of ether oxygens (including phenoxy) is 1. The number of ketones is 1. The molecule has 1 fully saturated rings. The van der Waals surface area contributed by atoms with Crippen LogP contribution in [0.1, 0.15) is 77.2 Å². The van der Waals surface area contributed by atoms with Crippen molar-refractivity contribution in [1.82, 2.24) is 0 Å². The molecule has 4 nitrogen and oxygen atoms in total. The van der Waals surface area contributed by atoms with Gasteiger partial charge in [0.2, 0.25) is 0 Å². The summed E-state index contributed by atoms with van der Waals surface area (Å²) in [6.45, 7) is 3.70. The van der Waals surface area contributed by atoms with E-state index in [0.29, 0.717) is 19.3 Å². The Hall–Kier alpha value is -1.94. The first-order valence-corrected chi connectivity index (χ1v) is 11.6. The van der Waals surface area contributed by atoms with E-state index < -0.39 is 6.10 Å². The fourth-order valence-electron chi connectivity index (χ4n) is 4.29. The molecule has 0 aromatic heterocycles. The summed E-state index contributed by atoms with van der Waals surface area (Å²) < 4.78 is 5.12. The lowest BCUT2D eigenvalue weighted by Gasteiger charge is -2.19. The molecule has 0 saturated heterocycles. The molecule has 1 N–H and O–H groups in total. The highest BCUT2D eigenvalue weighted by atomic mass is 16.5. The van der Waals surface area contributed by atoms with Crippen molar-refractivity contribution in [3.8, 4) is 0 Å². The lowest BCUT2D eigenvalue weighted by atomic mass is 9.86. The summed E-state index contributed by atoms with van der Waals surface area (Å²) in [5.74, 6) is 0.0675. The number of benzene rings is 1. The molecule has 0 amide bonds. The Morgan fingerprint density at radius 3 is 2.63 bits per heavy atom. The molecule has 1 aromatic rings. The van der Waals surface area contributed by atoms with Gasteiger partial charge in [-0.1, -0.05) is 55.3 Å². The van der Waals surface area contributed by atoms with Crippen LogP contribution < -0.4 is 0 Å². The molecular formula is C26H38O4. The van der Waals surface area contributed by atoms with Crippen LogP contribution in [0, 0.1) is 11.8 Å². The maximum Gasteiger partial charge on any atom is 0.306 e. The maximum absolute atomic E-state index is 12.3. The van der Waals surface area contributed by atoms with Crippen LogP contribution in [-0.4, -0.2) is 29.1 Å². The minimum atomic E-state index is -0.490. The number of aliphatic hydroxyl groups is 1. The number of carbonyl (C=O) groups is 2. The van der Waals surface area contributed by atoms with Gasteiger partial charge >= 0.3 is 5.97 Å². The van der Waals surface area contributed by atoms with E-state index in [-0.39, 0.29) is 29.7 Å². The summed E-state index contributed by atoms with van der Waals surface area (Å²) in [7, 11) is 0. The topological polar surface area (TPSA) is 63.6 Å². The molecule has 4 heteroatoms. The summed E-state index contributed by atoms with van der Waals surface area (Å²) in [5.41, 5.74) is 1.37. The second-order valence-electron chi connectivity index (χ2n) is 8.73. The van der Waals surface area contributed by atoms with Crippen molar-refractivity contribution in [2.24, 2.45) is 11.8 Å². The van der Waals surface area contributed by atoms with Crippen LogP contribution in [0.2, 0.25) is 0 Å². The third kappa shape index (κ3) is 8.83. The number of aryl methyl sites for hydroxylation is 1. The zero-order chi connectivity index (χ0) is 21.8. The van der Waals surface area contributed by atoms with E-state index in [9.17, 15) is 14.7 Å². The first kappa shape index (κ1) is 24.3. The standard InChI is InChI=1S/C26H38O4/c1-20(2)30-26(29)18-12-4-3-10-16-22-23(25(28)19-24(22)27)17-11-6-9-15-21-13-7-5-8-14-21/h3,5,7-8,10,13-14,20,22-23,25,28H,4,6,9,11-12,15-19H2,1-2H3/b10-3-/t22-,23-,25-/m1/s1. The fourth-order valence-corrected chi connectivity index (χ4v) is 4.29. The van der Waals surface area contributed by atoms with E-state index >= 15 is 0 Å². The zero-order valence-corrected chi connectivity index (χ0v) is 18.6. The van der Waals surface area contributed by atoms with Crippen molar-refractivity contribution in [3.63, 3.8) is 0 Å². The van der Waals surface area contributed by atoms with Gasteiger partial charge in [0.25, 0.3) is 0 Å². The van der Waals surface area contributed by atoms with Gasteiger partial charge in [0.15, 0.2) is 0 Å². The summed E-state index contributed by atoms with van der Waals surface area (Å²) in [4.78, 5) is 23.9. The number of unbranched alkanes of at least 4 members (excludes halogenated alkanes) is 3. The highest BCUT2D eigenvalue weighted by molar-refractivity contribution is 5.84. The lowest BCUT2D eigenvalue weighted by molar-refractivity contribution is -0.147. The summed E-state index contributed by atoms with van der Waals surface area (Å²) >= 11 is 0. The van der Waals surface area contributed by atoms with E-state index in [1.54, 1.807) is 0 Å². The number of rotatable bonds is 13. The first-order valence-electron chi connectivity index (χ1n) is 11.6. The summed E-state index contributed by atoms with van der Waals surface area (Å²) in [6.07, 6.45) is 11.9. The van der Waals surface area contributed by atoms with E-state index in [1.165, 1.54) is 5.56 Å². The predicted octanol–water partition coefficient (Wildman–Crippen LogP) is 5.42. The van der Waals surface area contributed by atoms with E-state index in [4.69, 9.17) is 4.74 Å². The molecule has 0 radical (unpaired) electrons. The van der Waals surface area contributed by atoms with Gasteiger partial charge in [-0.2, -0.15) is 0 Å². The van der Waals surface area contributed by atoms with Gasteiger partial charge in [-0.3, -0.25) is 9.59 Å². The molecule has 0 heterocycles. The molecular weight excluding hydrogens is 376 g/mol. The Kier molecular flexibility index (Phi) is 10.9. The minimum absolute atomic E-state index is 0.0590. The maximum atomic E-state index is 12.3. The van der Waals surface area contributed by atoms with Gasteiger partial charge < -0.3 is 9.84 Å². The monoisotopic (exact) mass is 414 g/mol. The average molecular weight is 415 g/mol.